The number of hydrogen-bond acceptors (Lipinski definition) is 8. The summed E-state index contributed by atoms with van der Waals surface area (Å²) in [5, 5.41) is 0. The summed E-state index contributed by atoms with van der Waals surface area (Å²) < 4.78 is 33.3. The molecule has 0 heterocycles. The average molecular weight is 1410 g/mol. The Labute approximate surface area is 614 Å². The Bertz CT molecular complexity index is 1910. The van der Waals surface area contributed by atoms with Crippen LogP contribution in [0.5, 0.6) is 0 Å². The lowest BCUT2D eigenvalue weighted by molar-refractivity contribution is -0.161. The van der Waals surface area contributed by atoms with Crippen LogP contribution in [0.1, 0.15) is 438 Å². The number of phosphoric acid groups is 1. The molecule has 578 valence electrons. The lowest BCUT2D eigenvalue weighted by atomic mass is 10.0. The van der Waals surface area contributed by atoms with Gasteiger partial charge in [-0.05, 0) is 89.9 Å². The van der Waals surface area contributed by atoms with Crippen molar-refractivity contribution in [2.24, 2.45) is 5.73 Å². The van der Waals surface area contributed by atoms with Gasteiger partial charge in [-0.1, -0.05) is 420 Å². The van der Waals surface area contributed by atoms with Gasteiger partial charge in [0.2, 0.25) is 0 Å². The lowest BCUT2D eigenvalue weighted by Gasteiger charge is -2.19. The second-order valence-electron chi connectivity index (χ2n) is 29.0. The molecule has 0 radical (unpaired) electrons. The van der Waals surface area contributed by atoms with Crippen molar-refractivity contribution in [2.45, 2.75) is 444 Å². The Morgan fingerprint density at radius 2 is 0.556 bits per heavy atom. The quantitative estimate of drug-likeness (QED) is 0.0264. The van der Waals surface area contributed by atoms with Crippen LogP contribution in [0.2, 0.25) is 0 Å². The smallest absolute Gasteiger partial charge is 0.462 e. The van der Waals surface area contributed by atoms with E-state index in [-0.39, 0.29) is 38.6 Å². The third-order valence-electron chi connectivity index (χ3n) is 19.3. The van der Waals surface area contributed by atoms with Crippen LogP contribution >= 0.6 is 7.82 Å². The van der Waals surface area contributed by atoms with Gasteiger partial charge < -0.3 is 20.1 Å². The van der Waals surface area contributed by atoms with Gasteiger partial charge in [0.05, 0.1) is 13.2 Å². The molecule has 10 heteroatoms. The summed E-state index contributed by atoms with van der Waals surface area (Å²) in [5.41, 5.74) is 5.42. The number of carbonyl (C=O) groups excluding carboxylic acids is 2. The van der Waals surface area contributed by atoms with Crippen molar-refractivity contribution in [1.29, 1.82) is 0 Å². The van der Waals surface area contributed by atoms with Crippen LogP contribution in [0.4, 0.5) is 0 Å². The van der Waals surface area contributed by atoms with Crippen LogP contribution in [0.25, 0.3) is 0 Å². The van der Waals surface area contributed by atoms with E-state index in [1.54, 1.807) is 0 Å². The van der Waals surface area contributed by atoms with Crippen LogP contribution in [0.3, 0.4) is 0 Å². The molecule has 0 spiro atoms. The van der Waals surface area contributed by atoms with Crippen LogP contribution < -0.4 is 5.73 Å². The standard InChI is InChI=1S/C89H164NO8P/c1-3-5-7-9-11-13-15-17-19-21-23-25-27-29-31-33-35-37-39-41-42-43-44-46-48-50-52-54-56-58-60-62-64-66-68-70-72-74-76-78-80-82-89(92)98-87(86-97-99(93,94)96-84-83-90)85-95-88(91)81-79-77-75-73-71-69-67-65-63-61-59-57-55-53-51-49-47-45-40-38-36-34-32-30-28-26-24-22-20-18-16-14-12-10-8-6-4-2/h5,7,11,13,16-19,22-25,29,31,87H,3-4,6,8-10,12,14-15,20-21,26-28,30,32-86,90H2,1-2H3,(H,93,94)/b7-5-,13-11-,18-16-,19-17-,24-22-,25-23-,31-29-. The maximum atomic E-state index is 12.8. The second kappa shape index (κ2) is 84.1. The molecular formula is C89H164NO8P. The average Bonchev–Trinajstić information content (AvgIpc) is 1.19. The number of ether oxygens (including phenoxy) is 2. The first-order valence-electron chi connectivity index (χ1n) is 43.1. The zero-order chi connectivity index (χ0) is 71.5. The Balaban J connectivity index is 3.72. The molecule has 0 aliphatic heterocycles. The molecule has 3 N–H and O–H groups in total. The van der Waals surface area contributed by atoms with Crippen molar-refractivity contribution in [3.8, 4) is 0 Å². The number of unbranched alkanes of at least 4 members (excludes halogenated alkanes) is 55. The van der Waals surface area contributed by atoms with Gasteiger partial charge in [0.15, 0.2) is 6.10 Å². The van der Waals surface area contributed by atoms with E-state index >= 15 is 0 Å². The van der Waals surface area contributed by atoms with Gasteiger partial charge in [0.1, 0.15) is 6.61 Å². The van der Waals surface area contributed by atoms with E-state index in [0.717, 1.165) is 70.6 Å². The Hall–Kier alpha value is -2.81. The Morgan fingerprint density at radius 3 is 0.828 bits per heavy atom. The molecule has 0 rings (SSSR count). The SMILES string of the molecule is CC/C=C\C/C=C\C/C=C\C/C=C\C/C=C\CCCCCCCCCCCCCCCCCCCCCCCCCCCC(=O)OC(COC(=O)CCCCCCCCCCCCCCCCCCCCCCCCCCC/C=C\C/C=C\CCCCCCC)COP(=O)(O)OCCN. The first kappa shape index (κ1) is 96.2. The van der Waals surface area contributed by atoms with E-state index in [1.807, 2.05) is 0 Å². The number of nitrogens with two attached hydrogens (primary N) is 1. The summed E-state index contributed by atoms with van der Waals surface area (Å²) >= 11 is 0. The molecule has 0 aliphatic carbocycles. The number of phosphoric ester groups is 1. The zero-order valence-corrected chi connectivity index (χ0v) is 66.4. The Morgan fingerprint density at radius 1 is 0.313 bits per heavy atom. The molecule has 0 aromatic heterocycles. The van der Waals surface area contributed by atoms with Crippen LogP contribution in [0, 0.1) is 0 Å². The van der Waals surface area contributed by atoms with Crippen molar-refractivity contribution in [3.05, 3.63) is 85.1 Å². The number of esters is 2. The molecule has 0 saturated heterocycles. The van der Waals surface area contributed by atoms with Crippen molar-refractivity contribution in [3.63, 3.8) is 0 Å². The minimum atomic E-state index is -4.40. The molecule has 2 unspecified atom stereocenters. The topological polar surface area (TPSA) is 134 Å². The van der Waals surface area contributed by atoms with Crippen molar-refractivity contribution < 1.29 is 37.6 Å². The van der Waals surface area contributed by atoms with Crippen molar-refractivity contribution >= 4 is 19.8 Å². The zero-order valence-electron chi connectivity index (χ0n) is 65.5. The maximum Gasteiger partial charge on any atom is 0.472 e. The predicted molar refractivity (Wildman–Crippen MR) is 432 cm³/mol. The molecule has 0 aromatic rings. The summed E-state index contributed by atoms with van der Waals surface area (Å²) in [6, 6.07) is 0. The van der Waals surface area contributed by atoms with E-state index < -0.39 is 26.5 Å². The summed E-state index contributed by atoms with van der Waals surface area (Å²) in [6.07, 6.45) is 115. The molecule has 0 aromatic carbocycles. The van der Waals surface area contributed by atoms with Crippen LogP contribution in [-0.2, 0) is 32.7 Å². The number of allylic oxidation sites excluding steroid dienone is 14. The fraction of sp³-hybridized carbons (Fsp3) is 0.820. The predicted octanol–water partition coefficient (Wildman–Crippen LogP) is 29.2. The molecule has 0 amide bonds. The van der Waals surface area contributed by atoms with Gasteiger partial charge in [0.25, 0.3) is 0 Å². The summed E-state index contributed by atoms with van der Waals surface area (Å²) in [7, 11) is -4.40. The highest BCUT2D eigenvalue weighted by molar-refractivity contribution is 7.47. The van der Waals surface area contributed by atoms with E-state index in [1.165, 1.54) is 334 Å². The molecule has 0 fully saturated rings. The first-order valence-corrected chi connectivity index (χ1v) is 44.6. The molecule has 0 aliphatic rings. The summed E-state index contributed by atoms with van der Waals surface area (Å²) in [5.74, 6) is -0.803. The van der Waals surface area contributed by atoms with E-state index in [0.29, 0.717) is 6.42 Å². The fourth-order valence-corrected chi connectivity index (χ4v) is 13.7. The highest BCUT2D eigenvalue weighted by Gasteiger charge is 2.26. The summed E-state index contributed by atoms with van der Waals surface area (Å²) in [4.78, 5) is 35.5. The third-order valence-corrected chi connectivity index (χ3v) is 20.2. The first-order chi connectivity index (χ1) is 48.8. The largest absolute Gasteiger partial charge is 0.472 e. The molecule has 0 bridgehead atoms. The van der Waals surface area contributed by atoms with Gasteiger partial charge in [0, 0.05) is 19.4 Å². The van der Waals surface area contributed by atoms with Gasteiger partial charge in [-0.25, -0.2) is 4.57 Å². The van der Waals surface area contributed by atoms with Gasteiger partial charge in [-0.15, -0.1) is 0 Å². The third kappa shape index (κ3) is 84.0. The number of rotatable bonds is 82. The number of hydrogen-bond donors (Lipinski definition) is 2. The molecule has 99 heavy (non-hydrogen) atoms. The maximum absolute atomic E-state index is 12.8. The molecule has 2 atom stereocenters. The van der Waals surface area contributed by atoms with Gasteiger partial charge >= 0.3 is 19.8 Å². The van der Waals surface area contributed by atoms with E-state index in [9.17, 15) is 19.0 Å². The van der Waals surface area contributed by atoms with Gasteiger partial charge in [-0.2, -0.15) is 0 Å². The van der Waals surface area contributed by atoms with Crippen molar-refractivity contribution in [2.75, 3.05) is 26.4 Å². The normalized spacial score (nSPS) is 13.2. The minimum Gasteiger partial charge on any atom is -0.462 e. The Kier molecular flexibility index (Phi) is 81.7. The number of carbonyl (C=O) groups is 2. The summed E-state index contributed by atoms with van der Waals surface area (Å²) in [6.45, 7) is 3.69. The van der Waals surface area contributed by atoms with Crippen molar-refractivity contribution in [1.82, 2.24) is 0 Å². The fourth-order valence-electron chi connectivity index (χ4n) is 12.9. The van der Waals surface area contributed by atoms with Gasteiger partial charge in [-0.3, -0.25) is 18.6 Å². The minimum absolute atomic E-state index is 0.0551. The lowest BCUT2D eigenvalue weighted by Crippen LogP contribution is -2.29. The highest BCUT2D eigenvalue weighted by atomic mass is 31.2. The monoisotopic (exact) mass is 1410 g/mol. The molecular weight excluding hydrogens is 1240 g/mol. The van der Waals surface area contributed by atoms with Crippen LogP contribution in [-0.4, -0.2) is 49.3 Å². The molecule has 9 nitrogen and oxygen atoms in total. The second-order valence-corrected chi connectivity index (χ2v) is 30.5. The van der Waals surface area contributed by atoms with Crippen LogP contribution in [0.15, 0.2) is 85.1 Å². The van der Waals surface area contributed by atoms with E-state index in [4.69, 9.17) is 24.3 Å². The molecule has 0 saturated carbocycles. The highest BCUT2D eigenvalue weighted by Crippen LogP contribution is 2.43. The van der Waals surface area contributed by atoms with E-state index in [2.05, 4.69) is 98.9 Å².